The molecular formula is C78H83N4O2Pt-3. The van der Waals surface area contributed by atoms with Crippen LogP contribution in [0.15, 0.2) is 170 Å². The molecule has 0 unspecified atom stereocenters. The third kappa shape index (κ3) is 12.4. The minimum Gasteiger partial charge on any atom is -0.509 e. The summed E-state index contributed by atoms with van der Waals surface area (Å²) in [5.41, 5.74) is 17.6. The molecule has 0 atom stereocenters. The van der Waals surface area contributed by atoms with Crippen LogP contribution < -0.4 is 19.3 Å². The Balaban J connectivity index is 0.00000803. The molecule has 0 radical (unpaired) electrons. The van der Waals surface area contributed by atoms with E-state index in [1.807, 2.05) is 30.5 Å². The molecule has 0 spiro atoms. The normalized spacial score (nSPS) is 13.3. The van der Waals surface area contributed by atoms with E-state index in [2.05, 4.69) is 297 Å². The number of pyridine rings is 1. The molecule has 7 heteroatoms. The minimum atomic E-state index is -0.0805. The van der Waals surface area contributed by atoms with Gasteiger partial charge in [0.05, 0.1) is 0 Å². The number of hydrogen-bond acceptors (Lipinski definition) is 5. The van der Waals surface area contributed by atoms with Crippen molar-refractivity contribution >= 4 is 44.6 Å². The molecule has 0 fully saturated rings. The zero-order chi connectivity index (χ0) is 60.1. The maximum Gasteiger partial charge on any atom is 0.143 e. The van der Waals surface area contributed by atoms with Gasteiger partial charge in [-0.15, -0.1) is 48.1 Å². The average Bonchev–Trinajstić information content (AvgIpc) is 1.81. The summed E-state index contributed by atoms with van der Waals surface area (Å²) in [4.78, 5) is 9.60. The van der Waals surface area contributed by atoms with Crippen molar-refractivity contribution in [3.05, 3.63) is 222 Å². The van der Waals surface area contributed by atoms with Crippen LogP contribution in [0, 0.1) is 18.8 Å². The van der Waals surface area contributed by atoms with Gasteiger partial charge in [-0.05, 0) is 119 Å². The van der Waals surface area contributed by atoms with Gasteiger partial charge in [-0.25, -0.2) is 4.98 Å². The molecule has 0 saturated heterocycles. The molecule has 85 heavy (non-hydrogen) atoms. The Morgan fingerprint density at radius 2 is 0.882 bits per heavy atom. The summed E-state index contributed by atoms with van der Waals surface area (Å²) in [7, 11) is 0. The zero-order valence-corrected chi connectivity index (χ0v) is 55.4. The maximum absolute atomic E-state index is 7.46. The number of benzene rings is 8. The molecule has 0 bridgehead atoms. The largest absolute Gasteiger partial charge is 0.509 e. The van der Waals surface area contributed by atoms with Gasteiger partial charge >= 0.3 is 0 Å². The molecule has 2 aromatic heterocycles. The Labute approximate surface area is 521 Å². The van der Waals surface area contributed by atoms with Gasteiger partial charge in [0, 0.05) is 78.5 Å². The number of fused-ring (bicyclic) bond motifs is 4. The first-order valence-electron chi connectivity index (χ1n) is 29.8. The first-order chi connectivity index (χ1) is 39.4. The molecule has 440 valence electrons. The SMILES string of the molecule is CC(C)(C)c1cc(-c2cccc(-c3cc(C(C)(C)C)cc(C(C)(C)C)c3)c2Oc2ccnc(-n3c4[c-]c(Oc5[c-]c(N6[CH-]N(c7cc(C(C)(C)C)cc(C(C)(C)C)c7)c7ccccc76)ccc5)ccc4c4ccccc43)c2)cc(C(C)(C)C)c1.[Pt]. The zero-order valence-electron chi connectivity index (χ0n) is 53.2. The minimum absolute atomic E-state index is 0. The summed E-state index contributed by atoms with van der Waals surface area (Å²) < 4.78 is 16.4. The van der Waals surface area contributed by atoms with Crippen molar-refractivity contribution in [2.24, 2.45) is 0 Å². The van der Waals surface area contributed by atoms with Crippen LogP contribution in [-0.2, 0) is 53.6 Å². The van der Waals surface area contributed by atoms with E-state index in [9.17, 15) is 0 Å². The van der Waals surface area contributed by atoms with Crippen LogP contribution in [0.5, 0.6) is 23.0 Å². The van der Waals surface area contributed by atoms with Crippen molar-refractivity contribution in [2.75, 3.05) is 9.80 Å². The predicted octanol–water partition coefficient (Wildman–Crippen LogP) is 21.9. The van der Waals surface area contributed by atoms with Crippen LogP contribution in [0.4, 0.5) is 22.7 Å². The average molecular weight is 1300 g/mol. The number of anilines is 4. The number of rotatable bonds is 9. The monoisotopic (exact) mass is 1300 g/mol. The van der Waals surface area contributed by atoms with E-state index in [4.69, 9.17) is 14.5 Å². The van der Waals surface area contributed by atoms with E-state index in [1.165, 1.54) is 33.4 Å². The number of hydrogen-bond donors (Lipinski definition) is 0. The van der Waals surface area contributed by atoms with Crippen molar-refractivity contribution in [3.8, 4) is 51.1 Å². The van der Waals surface area contributed by atoms with E-state index in [0.717, 1.165) is 72.6 Å². The standard InChI is InChI=1S/C78H83N4O2.Pt/c1-73(2,3)52-37-50(38-53(41-52)74(4,5)6)63-28-24-29-64(51-39-54(75(7,8)9)42-55(40-51)76(10,11)12)72(63)84-62-35-36-79-71(48-62)82-67-30-20-19-27-65(67)66-34-33-61(47-70(66)82)83-60-26-23-25-58(46-60)80-49-81(69-32-22-21-31-68(69)80)59-44-56(77(13,14)15)43-57(45-59)78(16,17)18;/h19-45,48-49H,1-18H3;/q-3;. The molecule has 0 N–H and O–H groups in total. The number of nitrogens with zero attached hydrogens (tertiary/aromatic N) is 4. The van der Waals surface area contributed by atoms with Gasteiger partial charge in [-0.3, -0.25) is 0 Å². The van der Waals surface area contributed by atoms with Crippen LogP contribution >= 0.6 is 0 Å². The Bertz CT molecular complexity index is 3950. The Morgan fingerprint density at radius 1 is 0.412 bits per heavy atom. The second-order valence-electron chi connectivity index (χ2n) is 29.3. The van der Waals surface area contributed by atoms with Crippen LogP contribution in [-0.4, -0.2) is 9.55 Å². The van der Waals surface area contributed by atoms with E-state index in [0.29, 0.717) is 23.1 Å². The second-order valence-corrected chi connectivity index (χ2v) is 29.3. The molecule has 8 aromatic carbocycles. The molecule has 1 aliphatic heterocycles. The quantitative estimate of drug-likeness (QED) is 0.135. The van der Waals surface area contributed by atoms with E-state index in [-0.39, 0.29) is 53.6 Å². The van der Waals surface area contributed by atoms with E-state index >= 15 is 0 Å². The first kappa shape index (κ1) is 60.7. The van der Waals surface area contributed by atoms with Crippen molar-refractivity contribution in [1.82, 2.24) is 9.55 Å². The summed E-state index contributed by atoms with van der Waals surface area (Å²) in [6.07, 6.45) is 1.85. The molecular weight excluding hydrogens is 1220 g/mol. The third-order valence-corrected chi connectivity index (χ3v) is 16.5. The fourth-order valence-electron chi connectivity index (χ4n) is 11.2. The van der Waals surface area contributed by atoms with E-state index < -0.39 is 0 Å². The fourth-order valence-corrected chi connectivity index (χ4v) is 11.2. The summed E-state index contributed by atoms with van der Waals surface area (Å²) in [6, 6.07) is 66.5. The number of ether oxygens (including phenoxy) is 2. The molecule has 11 rings (SSSR count). The van der Waals surface area contributed by atoms with Gasteiger partial charge in [-0.1, -0.05) is 221 Å². The predicted molar refractivity (Wildman–Crippen MR) is 354 cm³/mol. The van der Waals surface area contributed by atoms with Gasteiger partial charge in [0.2, 0.25) is 0 Å². The van der Waals surface area contributed by atoms with Crippen LogP contribution in [0.3, 0.4) is 0 Å². The summed E-state index contributed by atoms with van der Waals surface area (Å²) in [5, 5.41) is 2.12. The number of para-hydroxylation sites is 4. The van der Waals surface area contributed by atoms with Crippen molar-refractivity contribution in [1.29, 1.82) is 0 Å². The van der Waals surface area contributed by atoms with Crippen molar-refractivity contribution < 1.29 is 30.5 Å². The van der Waals surface area contributed by atoms with Crippen LogP contribution in [0.2, 0.25) is 0 Å². The van der Waals surface area contributed by atoms with Crippen molar-refractivity contribution in [2.45, 2.75) is 157 Å². The van der Waals surface area contributed by atoms with Crippen LogP contribution in [0.1, 0.15) is 158 Å². The van der Waals surface area contributed by atoms with E-state index in [1.54, 1.807) is 0 Å². The molecule has 0 aliphatic carbocycles. The summed E-state index contributed by atoms with van der Waals surface area (Å²) >= 11 is 0. The van der Waals surface area contributed by atoms with Crippen molar-refractivity contribution in [3.63, 3.8) is 0 Å². The molecule has 0 saturated carbocycles. The third-order valence-electron chi connectivity index (χ3n) is 16.5. The van der Waals surface area contributed by atoms with Gasteiger partial charge in [0.1, 0.15) is 17.3 Å². The smallest absolute Gasteiger partial charge is 0.143 e. The Kier molecular flexibility index (Phi) is 15.8. The Hall–Kier alpha value is -7.40. The summed E-state index contributed by atoms with van der Waals surface area (Å²) in [6.45, 7) is 43.4. The maximum atomic E-state index is 7.46. The molecule has 10 aromatic rings. The molecule has 0 amide bonds. The molecule has 1 aliphatic rings. The fraction of sp³-hybridized carbons (Fsp3) is 0.308. The summed E-state index contributed by atoms with van der Waals surface area (Å²) in [5.74, 6) is 3.30. The molecule has 6 nitrogen and oxygen atoms in total. The second kappa shape index (κ2) is 22.1. The molecule has 3 heterocycles. The first-order valence-corrected chi connectivity index (χ1v) is 29.8. The van der Waals surface area contributed by atoms with Gasteiger partial charge < -0.3 is 23.8 Å². The number of aromatic nitrogens is 2. The topological polar surface area (TPSA) is 42.8 Å². The van der Waals surface area contributed by atoms with Gasteiger partial charge in [0.15, 0.2) is 0 Å². The Morgan fingerprint density at radius 3 is 1.41 bits per heavy atom. The van der Waals surface area contributed by atoms with Crippen LogP contribution in [0.25, 0.3) is 49.9 Å². The van der Waals surface area contributed by atoms with Gasteiger partial charge in [-0.2, -0.15) is 12.1 Å². The van der Waals surface area contributed by atoms with Gasteiger partial charge in [0.25, 0.3) is 0 Å².